The summed E-state index contributed by atoms with van der Waals surface area (Å²) in [5, 5.41) is 13.4. The SMILES string of the molecule is CCOc1ccccc1N=C1S[C@H](CC(=O)Nc2cccc([N+](=O)[O-])c2)C(=O)N1Cc1ccccn1. The van der Waals surface area contributed by atoms with Crippen molar-refractivity contribution in [2.24, 2.45) is 4.99 Å². The highest BCUT2D eigenvalue weighted by Gasteiger charge is 2.39. The van der Waals surface area contributed by atoms with Crippen LogP contribution in [-0.2, 0) is 16.1 Å². The molecule has 2 aromatic carbocycles. The second-order valence-corrected chi connectivity index (χ2v) is 8.88. The lowest BCUT2D eigenvalue weighted by Gasteiger charge is -2.16. The van der Waals surface area contributed by atoms with Gasteiger partial charge in [-0.15, -0.1) is 0 Å². The van der Waals surface area contributed by atoms with E-state index in [9.17, 15) is 19.7 Å². The molecule has 0 unspecified atom stereocenters. The van der Waals surface area contributed by atoms with E-state index < -0.39 is 16.1 Å². The summed E-state index contributed by atoms with van der Waals surface area (Å²) in [6, 6.07) is 18.4. The minimum Gasteiger partial charge on any atom is -0.492 e. The van der Waals surface area contributed by atoms with Crippen molar-refractivity contribution >= 4 is 45.8 Å². The Bertz CT molecular complexity index is 1300. The molecule has 2 amide bonds. The van der Waals surface area contributed by atoms with Crippen molar-refractivity contribution in [2.75, 3.05) is 11.9 Å². The van der Waals surface area contributed by atoms with Crippen LogP contribution in [0.2, 0.25) is 0 Å². The second-order valence-electron chi connectivity index (χ2n) is 7.71. The van der Waals surface area contributed by atoms with E-state index in [4.69, 9.17) is 9.73 Å². The molecule has 2 heterocycles. The lowest BCUT2D eigenvalue weighted by atomic mass is 10.2. The van der Waals surface area contributed by atoms with Crippen molar-refractivity contribution in [1.82, 2.24) is 9.88 Å². The first kappa shape index (κ1) is 24.9. The topological polar surface area (TPSA) is 127 Å². The van der Waals surface area contributed by atoms with E-state index in [1.54, 1.807) is 30.5 Å². The molecule has 11 heteroatoms. The summed E-state index contributed by atoms with van der Waals surface area (Å²) >= 11 is 1.19. The van der Waals surface area contributed by atoms with Crippen molar-refractivity contribution in [3.8, 4) is 5.75 Å². The third kappa shape index (κ3) is 6.05. The quantitative estimate of drug-likeness (QED) is 0.334. The van der Waals surface area contributed by atoms with Gasteiger partial charge in [0, 0.05) is 30.4 Å². The average Bonchev–Trinajstić information content (AvgIpc) is 3.15. The number of ether oxygens (including phenoxy) is 1. The van der Waals surface area contributed by atoms with Crippen LogP contribution in [0.1, 0.15) is 19.0 Å². The van der Waals surface area contributed by atoms with Crippen LogP contribution in [0.4, 0.5) is 17.1 Å². The lowest BCUT2D eigenvalue weighted by molar-refractivity contribution is -0.384. The van der Waals surface area contributed by atoms with Gasteiger partial charge in [-0.2, -0.15) is 0 Å². The molecule has 1 aliphatic heterocycles. The van der Waals surface area contributed by atoms with Crippen LogP contribution >= 0.6 is 11.8 Å². The minimum absolute atomic E-state index is 0.128. The number of thioether (sulfide) groups is 1. The number of amides is 2. The number of pyridine rings is 1. The first-order chi connectivity index (χ1) is 17.4. The number of rotatable bonds is 9. The van der Waals surface area contributed by atoms with Gasteiger partial charge in [0.05, 0.1) is 23.8 Å². The fourth-order valence-electron chi connectivity index (χ4n) is 3.53. The van der Waals surface area contributed by atoms with E-state index in [-0.39, 0.29) is 30.2 Å². The van der Waals surface area contributed by atoms with E-state index in [0.29, 0.717) is 28.9 Å². The first-order valence-corrected chi connectivity index (χ1v) is 12.1. The molecule has 1 aliphatic rings. The molecule has 1 atom stereocenters. The molecular weight excluding hydrogens is 482 g/mol. The number of non-ortho nitro benzene ring substituents is 1. The summed E-state index contributed by atoms with van der Waals surface area (Å²) in [5.74, 6) is -0.118. The molecule has 36 heavy (non-hydrogen) atoms. The molecule has 1 saturated heterocycles. The minimum atomic E-state index is -0.717. The zero-order valence-corrected chi connectivity index (χ0v) is 20.2. The number of hydrogen-bond donors (Lipinski definition) is 1. The Morgan fingerprint density at radius 3 is 2.75 bits per heavy atom. The van der Waals surface area contributed by atoms with Gasteiger partial charge >= 0.3 is 0 Å². The van der Waals surface area contributed by atoms with Crippen LogP contribution in [0.3, 0.4) is 0 Å². The maximum absolute atomic E-state index is 13.3. The number of carbonyl (C=O) groups excluding carboxylic acids is 2. The molecule has 3 aromatic rings. The van der Waals surface area contributed by atoms with Gasteiger partial charge in [-0.3, -0.25) is 29.6 Å². The normalized spacial score (nSPS) is 16.2. The van der Waals surface area contributed by atoms with Crippen LogP contribution in [-0.4, -0.2) is 43.6 Å². The number of para-hydroxylation sites is 2. The number of anilines is 1. The highest BCUT2D eigenvalue weighted by molar-refractivity contribution is 8.15. The zero-order chi connectivity index (χ0) is 25.5. The molecule has 184 valence electrons. The number of amidine groups is 1. The number of nitro groups is 1. The highest BCUT2D eigenvalue weighted by atomic mass is 32.2. The Kier molecular flexibility index (Phi) is 7.91. The smallest absolute Gasteiger partial charge is 0.271 e. The second kappa shape index (κ2) is 11.5. The third-order valence-corrected chi connectivity index (χ3v) is 6.33. The fraction of sp³-hybridized carbons (Fsp3) is 0.200. The van der Waals surface area contributed by atoms with Crippen LogP contribution in [0.25, 0.3) is 0 Å². The van der Waals surface area contributed by atoms with Crippen molar-refractivity contribution in [3.63, 3.8) is 0 Å². The summed E-state index contributed by atoms with van der Waals surface area (Å²) in [7, 11) is 0. The van der Waals surface area contributed by atoms with Gasteiger partial charge in [-0.25, -0.2) is 4.99 Å². The number of aromatic nitrogens is 1. The summed E-state index contributed by atoms with van der Waals surface area (Å²) in [4.78, 5) is 47.1. The summed E-state index contributed by atoms with van der Waals surface area (Å²) in [6.07, 6.45) is 1.52. The standard InChI is InChI=1S/C25H23N5O5S/c1-2-35-21-12-4-3-11-20(21)28-25-29(16-18-8-5-6-13-26-18)24(32)22(36-25)15-23(31)27-17-9-7-10-19(14-17)30(33)34/h3-14,22H,2,15-16H2,1H3,(H,27,31)/t22-/m1/s1. The Morgan fingerprint density at radius 1 is 1.19 bits per heavy atom. The van der Waals surface area contributed by atoms with Crippen molar-refractivity contribution < 1.29 is 19.2 Å². The predicted molar refractivity (Wildman–Crippen MR) is 137 cm³/mol. The first-order valence-electron chi connectivity index (χ1n) is 11.2. The van der Waals surface area contributed by atoms with Crippen molar-refractivity contribution in [3.05, 3.63) is 88.7 Å². The van der Waals surface area contributed by atoms with Gasteiger partial charge in [0.25, 0.3) is 5.69 Å². The molecule has 0 saturated carbocycles. The highest BCUT2D eigenvalue weighted by Crippen LogP contribution is 2.35. The number of hydrogen-bond acceptors (Lipinski definition) is 8. The fourth-order valence-corrected chi connectivity index (χ4v) is 4.68. The van der Waals surface area contributed by atoms with Gasteiger partial charge < -0.3 is 10.1 Å². The van der Waals surface area contributed by atoms with Gasteiger partial charge in [0.2, 0.25) is 11.8 Å². The monoisotopic (exact) mass is 505 g/mol. The molecule has 1 aromatic heterocycles. The van der Waals surface area contributed by atoms with Crippen LogP contribution < -0.4 is 10.1 Å². The largest absolute Gasteiger partial charge is 0.492 e. The molecule has 0 spiro atoms. The van der Waals surface area contributed by atoms with Gasteiger partial charge in [-0.1, -0.05) is 36.0 Å². The van der Waals surface area contributed by atoms with E-state index in [0.717, 1.165) is 0 Å². The Labute approximate surface area is 211 Å². The summed E-state index contributed by atoms with van der Waals surface area (Å²) in [5.41, 5.74) is 1.40. The zero-order valence-electron chi connectivity index (χ0n) is 19.4. The van der Waals surface area contributed by atoms with Crippen LogP contribution in [0.15, 0.2) is 77.9 Å². The number of aliphatic imine (C=N–C) groups is 1. The Balaban J connectivity index is 1.56. The van der Waals surface area contributed by atoms with E-state index in [2.05, 4.69) is 10.3 Å². The van der Waals surface area contributed by atoms with Gasteiger partial charge in [0.1, 0.15) is 16.7 Å². The maximum Gasteiger partial charge on any atom is 0.271 e. The third-order valence-electron chi connectivity index (χ3n) is 5.16. The van der Waals surface area contributed by atoms with Gasteiger partial charge in [0.15, 0.2) is 5.17 Å². The number of benzene rings is 2. The molecule has 0 aliphatic carbocycles. The van der Waals surface area contributed by atoms with E-state index in [1.807, 2.05) is 31.2 Å². The molecule has 1 N–H and O–H groups in total. The molecule has 1 fully saturated rings. The lowest BCUT2D eigenvalue weighted by Crippen LogP contribution is -2.33. The molecule has 10 nitrogen and oxygen atoms in total. The number of nitro benzene ring substituents is 1. The summed E-state index contributed by atoms with van der Waals surface area (Å²) < 4.78 is 5.67. The number of carbonyl (C=O) groups is 2. The Morgan fingerprint density at radius 2 is 2.00 bits per heavy atom. The van der Waals surface area contributed by atoms with Crippen molar-refractivity contribution in [2.45, 2.75) is 25.1 Å². The van der Waals surface area contributed by atoms with Crippen molar-refractivity contribution in [1.29, 1.82) is 0 Å². The number of nitrogens with one attached hydrogen (secondary N) is 1. The maximum atomic E-state index is 13.3. The van der Waals surface area contributed by atoms with Crippen LogP contribution in [0, 0.1) is 10.1 Å². The van der Waals surface area contributed by atoms with Crippen LogP contribution in [0.5, 0.6) is 5.75 Å². The molecule has 0 bridgehead atoms. The number of nitrogens with zero attached hydrogens (tertiary/aromatic N) is 4. The Hall–Kier alpha value is -4.25. The molecule has 4 rings (SSSR count). The molecular formula is C25H23N5O5S. The average molecular weight is 506 g/mol. The van der Waals surface area contributed by atoms with Gasteiger partial charge in [-0.05, 0) is 37.3 Å². The molecule has 0 radical (unpaired) electrons. The van der Waals surface area contributed by atoms with E-state index in [1.165, 1.54) is 34.9 Å². The predicted octanol–water partition coefficient (Wildman–Crippen LogP) is 4.55. The van der Waals surface area contributed by atoms with E-state index >= 15 is 0 Å². The summed E-state index contributed by atoms with van der Waals surface area (Å²) in [6.45, 7) is 2.54.